The van der Waals surface area contributed by atoms with Crippen molar-refractivity contribution in [3.63, 3.8) is 0 Å². The molecule has 1 aromatic carbocycles. The quantitative estimate of drug-likeness (QED) is 0.828. The second-order valence-electron chi connectivity index (χ2n) is 3.66. The fraction of sp³-hybridized carbons (Fsp3) is 0.364. The number of carbonyl (C=O) groups is 1. The molecule has 0 heterocycles. The summed E-state index contributed by atoms with van der Waals surface area (Å²) < 4.78 is 26.3. The summed E-state index contributed by atoms with van der Waals surface area (Å²) in [7, 11) is 0. The molecule has 0 aromatic heterocycles. The molecule has 0 aliphatic heterocycles. The summed E-state index contributed by atoms with van der Waals surface area (Å²) in [5, 5.41) is 2.19. The molecule has 1 aromatic rings. The van der Waals surface area contributed by atoms with Crippen LogP contribution in [-0.2, 0) is 4.79 Å². The fourth-order valence-electron chi connectivity index (χ4n) is 1.18. The molecule has 0 aliphatic carbocycles. The van der Waals surface area contributed by atoms with Crippen LogP contribution in [0.25, 0.3) is 0 Å². The molecular weight excluding hydrogens is 214 g/mol. The largest absolute Gasteiger partial charge is 0.328 e. The molecule has 0 bridgehead atoms. The molecule has 3 nitrogen and oxygen atoms in total. The molecule has 1 rings (SSSR count). The van der Waals surface area contributed by atoms with Gasteiger partial charge in [-0.2, -0.15) is 0 Å². The number of nitrogens with two attached hydrogens (primary N) is 1. The Kier molecular flexibility index (Phi) is 4.37. The minimum atomic E-state index is -0.783. The number of halogens is 2. The SMILES string of the molecule is CC(N)CCC(=O)Nc1c(F)cccc1F. The molecule has 0 saturated carbocycles. The van der Waals surface area contributed by atoms with Crippen LogP contribution in [0.15, 0.2) is 18.2 Å². The van der Waals surface area contributed by atoms with Gasteiger partial charge in [0.05, 0.1) is 0 Å². The van der Waals surface area contributed by atoms with Gasteiger partial charge in [-0.3, -0.25) is 4.79 Å². The molecule has 3 N–H and O–H groups in total. The molecule has 5 heteroatoms. The predicted octanol–water partition coefficient (Wildman–Crippen LogP) is 2.03. The number of amides is 1. The second-order valence-corrected chi connectivity index (χ2v) is 3.66. The lowest BCUT2D eigenvalue weighted by atomic mass is 10.2. The van der Waals surface area contributed by atoms with Crippen LogP contribution in [0.5, 0.6) is 0 Å². The van der Waals surface area contributed by atoms with Gasteiger partial charge < -0.3 is 11.1 Å². The Morgan fingerprint density at radius 1 is 1.44 bits per heavy atom. The van der Waals surface area contributed by atoms with E-state index in [-0.39, 0.29) is 12.5 Å². The average Bonchev–Trinajstić information content (AvgIpc) is 2.21. The normalized spacial score (nSPS) is 12.2. The second kappa shape index (κ2) is 5.55. The van der Waals surface area contributed by atoms with Gasteiger partial charge in [0, 0.05) is 12.5 Å². The van der Waals surface area contributed by atoms with Crippen molar-refractivity contribution in [2.45, 2.75) is 25.8 Å². The fourth-order valence-corrected chi connectivity index (χ4v) is 1.18. The first-order valence-electron chi connectivity index (χ1n) is 5.00. The van der Waals surface area contributed by atoms with Crippen molar-refractivity contribution in [1.29, 1.82) is 0 Å². The van der Waals surface area contributed by atoms with Gasteiger partial charge in [0.15, 0.2) is 0 Å². The van der Waals surface area contributed by atoms with Crippen molar-refractivity contribution in [3.8, 4) is 0 Å². The first-order chi connectivity index (χ1) is 7.50. The van der Waals surface area contributed by atoms with Gasteiger partial charge in [-0.1, -0.05) is 6.07 Å². The lowest BCUT2D eigenvalue weighted by molar-refractivity contribution is -0.116. The number of benzene rings is 1. The zero-order valence-corrected chi connectivity index (χ0v) is 8.97. The van der Waals surface area contributed by atoms with Gasteiger partial charge in [0.1, 0.15) is 17.3 Å². The monoisotopic (exact) mass is 228 g/mol. The van der Waals surface area contributed by atoms with Crippen molar-refractivity contribution in [3.05, 3.63) is 29.8 Å². The summed E-state index contributed by atoms with van der Waals surface area (Å²) in [4.78, 5) is 11.3. The lowest BCUT2D eigenvalue weighted by Crippen LogP contribution is -2.20. The lowest BCUT2D eigenvalue weighted by Gasteiger charge is -2.08. The van der Waals surface area contributed by atoms with Crippen LogP contribution < -0.4 is 11.1 Å². The van der Waals surface area contributed by atoms with E-state index in [0.29, 0.717) is 6.42 Å². The Bertz CT molecular complexity index is 360. The molecular formula is C11H14F2N2O. The van der Waals surface area contributed by atoms with Crippen molar-refractivity contribution < 1.29 is 13.6 Å². The molecule has 88 valence electrons. The third-order valence-corrected chi connectivity index (χ3v) is 2.05. The van der Waals surface area contributed by atoms with E-state index in [4.69, 9.17) is 5.73 Å². The summed E-state index contributed by atoms with van der Waals surface area (Å²) >= 11 is 0. The Morgan fingerprint density at radius 3 is 2.50 bits per heavy atom. The van der Waals surface area contributed by atoms with Crippen molar-refractivity contribution in [2.75, 3.05) is 5.32 Å². The van der Waals surface area contributed by atoms with Gasteiger partial charge in [-0.25, -0.2) is 8.78 Å². The number of rotatable bonds is 4. The average molecular weight is 228 g/mol. The van der Waals surface area contributed by atoms with Gasteiger partial charge in [0.2, 0.25) is 5.91 Å². The van der Waals surface area contributed by atoms with Crippen molar-refractivity contribution in [1.82, 2.24) is 0 Å². The van der Waals surface area contributed by atoms with E-state index in [1.165, 1.54) is 6.07 Å². The van der Waals surface area contributed by atoms with E-state index in [0.717, 1.165) is 12.1 Å². The van der Waals surface area contributed by atoms with Gasteiger partial charge in [-0.15, -0.1) is 0 Å². The Morgan fingerprint density at radius 2 is 2.00 bits per heavy atom. The molecule has 0 radical (unpaired) electrons. The van der Waals surface area contributed by atoms with Crippen molar-refractivity contribution >= 4 is 11.6 Å². The zero-order valence-electron chi connectivity index (χ0n) is 8.97. The number of carbonyl (C=O) groups excluding carboxylic acids is 1. The van der Waals surface area contributed by atoms with Crippen LogP contribution in [0, 0.1) is 11.6 Å². The zero-order chi connectivity index (χ0) is 12.1. The summed E-state index contributed by atoms with van der Waals surface area (Å²) in [6, 6.07) is 3.30. The van der Waals surface area contributed by atoms with Gasteiger partial charge in [-0.05, 0) is 25.5 Å². The van der Waals surface area contributed by atoms with Gasteiger partial charge >= 0.3 is 0 Å². The molecule has 1 atom stereocenters. The first-order valence-corrected chi connectivity index (χ1v) is 5.00. The minimum Gasteiger partial charge on any atom is -0.328 e. The Hall–Kier alpha value is -1.49. The number of hydrogen-bond acceptors (Lipinski definition) is 2. The number of anilines is 1. The Labute approximate surface area is 92.6 Å². The van der Waals surface area contributed by atoms with E-state index in [9.17, 15) is 13.6 Å². The summed E-state index contributed by atoms with van der Waals surface area (Å²) in [6.45, 7) is 1.76. The molecule has 0 saturated heterocycles. The molecule has 16 heavy (non-hydrogen) atoms. The molecule has 1 unspecified atom stereocenters. The van der Waals surface area contributed by atoms with Crippen molar-refractivity contribution in [2.24, 2.45) is 5.73 Å². The number of para-hydroxylation sites is 1. The first kappa shape index (κ1) is 12.6. The highest BCUT2D eigenvalue weighted by atomic mass is 19.1. The molecule has 0 fully saturated rings. The van der Waals surface area contributed by atoms with E-state index < -0.39 is 23.2 Å². The standard InChI is InChI=1S/C11H14F2N2O/c1-7(14)5-6-10(16)15-11-8(12)3-2-4-9(11)13/h2-4,7H,5-6,14H2,1H3,(H,15,16). The maximum Gasteiger partial charge on any atom is 0.224 e. The van der Waals surface area contributed by atoms with Gasteiger partial charge in [0.25, 0.3) is 0 Å². The minimum absolute atomic E-state index is 0.115. The van der Waals surface area contributed by atoms with Crippen LogP contribution in [0.1, 0.15) is 19.8 Å². The maximum absolute atomic E-state index is 13.1. The number of hydrogen-bond donors (Lipinski definition) is 2. The summed E-state index contributed by atoms with van der Waals surface area (Å²) in [5.41, 5.74) is 5.06. The summed E-state index contributed by atoms with van der Waals surface area (Å²) in [6.07, 6.45) is 0.618. The van der Waals surface area contributed by atoms with E-state index >= 15 is 0 Å². The van der Waals surface area contributed by atoms with Crippen LogP contribution >= 0.6 is 0 Å². The van der Waals surface area contributed by atoms with Crippen LogP contribution in [-0.4, -0.2) is 11.9 Å². The van der Waals surface area contributed by atoms with E-state index in [1.54, 1.807) is 6.92 Å². The Balaban J connectivity index is 2.63. The third kappa shape index (κ3) is 3.58. The summed E-state index contributed by atoms with van der Waals surface area (Å²) in [5.74, 6) is -2.01. The van der Waals surface area contributed by atoms with E-state index in [2.05, 4.69) is 5.32 Å². The predicted molar refractivity (Wildman–Crippen MR) is 57.9 cm³/mol. The molecule has 0 spiro atoms. The van der Waals surface area contributed by atoms with E-state index in [1.807, 2.05) is 0 Å². The third-order valence-electron chi connectivity index (χ3n) is 2.05. The molecule has 1 amide bonds. The topological polar surface area (TPSA) is 55.1 Å². The highest BCUT2D eigenvalue weighted by Crippen LogP contribution is 2.18. The number of nitrogens with one attached hydrogen (secondary N) is 1. The highest BCUT2D eigenvalue weighted by molar-refractivity contribution is 5.90. The highest BCUT2D eigenvalue weighted by Gasteiger charge is 2.11. The molecule has 0 aliphatic rings. The van der Waals surface area contributed by atoms with Crippen LogP contribution in [0.2, 0.25) is 0 Å². The van der Waals surface area contributed by atoms with Crippen LogP contribution in [0.4, 0.5) is 14.5 Å². The smallest absolute Gasteiger partial charge is 0.224 e. The maximum atomic E-state index is 13.1. The van der Waals surface area contributed by atoms with Crippen LogP contribution in [0.3, 0.4) is 0 Å².